The maximum atomic E-state index is 12.7. The van der Waals surface area contributed by atoms with Crippen LogP contribution in [0.2, 0.25) is 0 Å². The molecule has 0 fully saturated rings. The highest BCUT2D eigenvalue weighted by atomic mass is 19.4. The number of aromatic nitrogens is 1. The zero-order chi connectivity index (χ0) is 22.9. The Labute approximate surface area is 177 Å². The molecule has 1 aliphatic heterocycles. The molecule has 2 aromatic rings. The number of alkyl halides is 3. The Kier molecular flexibility index (Phi) is 6.33. The summed E-state index contributed by atoms with van der Waals surface area (Å²) in [5.74, 6) is -0.509. The van der Waals surface area contributed by atoms with Crippen LogP contribution in [0.4, 0.5) is 13.2 Å². The van der Waals surface area contributed by atoms with Gasteiger partial charge in [0.1, 0.15) is 5.56 Å². The summed E-state index contributed by atoms with van der Waals surface area (Å²) in [4.78, 5) is 24.9. The lowest BCUT2D eigenvalue weighted by Gasteiger charge is -2.32. The highest BCUT2D eigenvalue weighted by molar-refractivity contribution is 5.89. The first-order chi connectivity index (χ1) is 14.6. The van der Waals surface area contributed by atoms with Gasteiger partial charge in [0.25, 0.3) is 0 Å². The first kappa shape index (κ1) is 22.7. The van der Waals surface area contributed by atoms with Crippen molar-refractivity contribution in [1.29, 1.82) is 0 Å². The number of benzene rings is 1. The van der Waals surface area contributed by atoms with Gasteiger partial charge in [-0.15, -0.1) is 0 Å². The highest BCUT2D eigenvalue weighted by Crippen LogP contribution is 2.45. The summed E-state index contributed by atoms with van der Waals surface area (Å²) in [5.41, 5.74) is 2.04. The standard InChI is InChI=1S/C22H24F3NO5/c1-5-14-7-13-8-18(31-11-22(23,24)25)20(29-4)12(3)19(13)16-9-17(27)15(10-26(14)16)21(28)30-6-2/h8-10,14H,5-7,11H2,1-4H3. The van der Waals surface area contributed by atoms with Gasteiger partial charge >= 0.3 is 12.1 Å². The molecule has 6 nitrogen and oxygen atoms in total. The lowest BCUT2D eigenvalue weighted by Crippen LogP contribution is -2.26. The molecule has 31 heavy (non-hydrogen) atoms. The molecule has 0 bridgehead atoms. The van der Waals surface area contributed by atoms with E-state index in [2.05, 4.69) is 0 Å². The summed E-state index contributed by atoms with van der Waals surface area (Å²) in [7, 11) is 1.35. The quantitative estimate of drug-likeness (QED) is 0.622. The van der Waals surface area contributed by atoms with Crippen LogP contribution >= 0.6 is 0 Å². The Hall–Kier alpha value is -2.97. The molecule has 0 amide bonds. The average Bonchev–Trinajstić information content (AvgIpc) is 2.70. The minimum Gasteiger partial charge on any atom is -0.493 e. The number of carbonyl (C=O) groups is 1. The van der Waals surface area contributed by atoms with E-state index in [1.807, 2.05) is 11.5 Å². The van der Waals surface area contributed by atoms with Crippen molar-refractivity contribution in [2.45, 2.75) is 45.8 Å². The number of esters is 1. The molecular weight excluding hydrogens is 415 g/mol. The van der Waals surface area contributed by atoms with Crippen LogP contribution in [-0.2, 0) is 11.2 Å². The predicted octanol–water partition coefficient (Wildman–Crippen LogP) is 4.46. The third kappa shape index (κ3) is 4.40. The van der Waals surface area contributed by atoms with Crippen LogP contribution in [0.25, 0.3) is 11.3 Å². The Morgan fingerprint density at radius 1 is 1.26 bits per heavy atom. The second kappa shape index (κ2) is 8.64. The summed E-state index contributed by atoms with van der Waals surface area (Å²) in [6, 6.07) is 2.82. The molecule has 1 atom stereocenters. The predicted molar refractivity (Wildman–Crippen MR) is 108 cm³/mol. The van der Waals surface area contributed by atoms with Crippen molar-refractivity contribution in [2.24, 2.45) is 0 Å². The minimum absolute atomic E-state index is 0.00451. The molecular formula is C22H24F3NO5. The fraction of sp³-hybridized carbons (Fsp3) is 0.455. The van der Waals surface area contributed by atoms with Gasteiger partial charge in [0.05, 0.1) is 19.4 Å². The molecule has 1 aliphatic rings. The highest BCUT2D eigenvalue weighted by Gasteiger charge is 2.32. The van der Waals surface area contributed by atoms with Gasteiger partial charge in [0.2, 0.25) is 0 Å². The smallest absolute Gasteiger partial charge is 0.422 e. The van der Waals surface area contributed by atoms with Crippen LogP contribution in [0.5, 0.6) is 11.5 Å². The third-order valence-electron chi connectivity index (χ3n) is 5.31. The Bertz CT molecular complexity index is 1060. The lowest BCUT2D eigenvalue weighted by atomic mass is 9.87. The van der Waals surface area contributed by atoms with Gasteiger partial charge in [-0.2, -0.15) is 13.2 Å². The van der Waals surface area contributed by atoms with Crippen molar-refractivity contribution >= 4 is 5.97 Å². The van der Waals surface area contributed by atoms with Crippen LogP contribution in [0, 0.1) is 6.92 Å². The van der Waals surface area contributed by atoms with E-state index in [0.717, 1.165) is 5.56 Å². The summed E-state index contributed by atoms with van der Waals surface area (Å²) >= 11 is 0. The molecule has 1 aromatic carbocycles. The molecule has 2 heterocycles. The van der Waals surface area contributed by atoms with Gasteiger partial charge in [0.15, 0.2) is 23.5 Å². The number of halogens is 3. The average molecular weight is 439 g/mol. The van der Waals surface area contributed by atoms with Crippen molar-refractivity contribution in [1.82, 2.24) is 4.57 Å². The number of rotatable bonds is 6. The monoisotopic (exact) mass is 439 g/mol. The van der Waals surface area contributed by atoms with E-state index in [-0.39, 0.29) is 29.7 Å². The zero-order valence-corrected chi connectivity index (χ0v) is 17.8. The van der Waals surface area contributed by atoms with Gasteiger partial charge in [-0.05, 0) is 38.3 Å². The first-order valence-electron chi connectivity index (χ1n) is 9.94. The van der Waals surface area contributed by atoms with E-state index in [0.29, 0.717) is 29.7 Å². The second-order valence-corrected chi connectivity index (χ2v) is 7.30. The van der Waals surface area contributed by atoms with Gasteiger partial charge in [-0.1, -0.05) is 6.92 Å². The number of ether oxygens (including phenoxy) is 3. The van der Waals surface area contributed by atoms with Crippen LogP contribution in [0.1, 0.15) is 47.8 Å². The molecule has 3 rings (SSSR count). The lowest BCUT2D eigenvalue weighted by molar-refractivity contribution is -0.153. The van der Waals surface area contributed by atoms with Crippen LogP contribution < -0.4 is 14.9 Å². The van der Waals surface area contributed by atoms with Crippen LogP contribution in [0.3, 0.4) is 0 Å². The molecule has 0 spiro atoms. The van der Waals surface area contributed by atoms with Gasteiger partial charge in [-0.25, -0.2) is 4.79 Å². The van der Waals surface area contributed by atoms with E-state index in [1.165, 1.54) is 19.4 Å². The van der Waals surface area contributed by atoms with Gasteiger partial charge < -0.3 is 18.8 Å². The number of hydrogen-bond donors (Lipinski definition) is 0. The number of pyridine rings is 1. The number of methoxy groups -OCH3 is 1. The third-order valence-corrected chi connectivity index (χ3v) is 5.31. The van der Waals surface area contributed by atoms with E-state index < -0.39 is 24.2 Å². The van der Waals surface area contributed by atoms with E-state index in [1.54, 1.807) is 19.9 Å². The van der Waals surface area contributed by atoms with Crippen molar-refractivity contribution in [3.05, 3.63) is 45.2 Å². The summed E-state index contributed by atoms with van der Waals surface area (Å²) in [6.07, 6.45) is -1.80. The molecule has 0 aliphatic carbocycles. The summed E-state index contributed by atoms with van der Waals surface area (Å²) in [5, 5.41) is 0. The normalized spacial score (nSPS) is 15.1. The topological polar surface area (TPSA) is 66.8 Å². The Morgan fingerprint density at radius 3 is 2.55 bits per heavy atom. The van der Waals surface area contributed by atoms with Gasteiger partial charge in [-0.3, -0.25) is 4.79 Å². The number of nitrogens with zero attached hydrogens (tertiary/aromatic N) is 1. The van der Waals surface area contributed by atoms with Crippen molar-refractivity contribution in [2.75, 3.05) is 20.3 Å². The van der Waals surface area contributed by atoms with Crippen molar-refractivity contribution in [3.63, 3.8) is 0 Å². The Balaban J connectivity index is 2.19. The SMILES string of the molecule is CCOC(=O)c1cn2c(cc1=O)-c1c(cc(OCC(F)(F)F)c(OC)c1C)CC2CC. The fourth-order valence-corrected chi connectivity index (χ4v) is 3.98. The second-order valence-electron chi connectivity index (χ2n) is 7.30. The van der Waals surface area contributed by atoms with E-state index in [4.69, 9.17) is 14.2 Å². The van der Waals surface area contributed by atoms with Crippen LogP contribution in [-0.4, -0.2) is 37.0 Å². The number of hydrogen-bond acceptors (Lipinski definition) is 5. The van der Waals surface area contributed by atoms with E-state index in [9.17, 15) is 22.8 Å². The molecule has 168 valence electrons. The molecule has 0 saturated heterocycles. The minimum atomic E-state index is -4.48. The molecule has 9 heteroatoms. The van der Waals surface area contributed by atoms with Crippen molar-refractivity contribution < 1.29 is 32.2 Å². The molecule has 1 aromatic heterocycles. The number of fused-ring (bicyclic) bond motifs is 3. The fourth-order valence-electron chi connectivity index (χ4n) is 3.98. The summed E-state index contributed by atoms with van der Waals surface area (Å²) in [6.45, 7) is 4.04. The molecule has 0 radical (unpaired) electrons. The zero-order valence-electron chi connectivity index (χ0n) is 17.8. The maximum absolute atomic E-state index is 12.7. The summed E-state index contributed by atoms with van der Waals surface area (Å²) < 4.78 is 55.3. The molecule has 1 unspecified atom stereocenters. The Morgan fingerprint density at radius 2 is 1.97 bits per heavy atom. The largest absolute Gasteiger partial charge is 0.493 e. The van der Waals surface area contributed by atoms with Gasteiger partial charge in [0, 0.05) is 29.4 Å². The number of carbonyl (C=O) groups excluding carboxylic acids is 1. The maximum Gasteiger partial charge on any atom is 0.422 e. The van der Waals surface area contributed by atoms with Crippen molar-refractivity contribution in [3.8, 4) is 22.8 Å². The molecule has 0 N–H and O–H groups in total. The van der Waals surface area contributed by atoms with Crippen LogP contribution in [0.15, 0.2) is 23.1 Å². The van der Waals surface area contributed by atoms with E-state index >= 15 is 0 Å². The first-order valence-corrected chi connectivity index (χ1v) is 9.94. The molecule has 0 saturated carbocycles.